The smallest absolute Gasteiger partial charge is 0.248 e. The fraction of sp³-hybridized carbons (Fsp3) is 0.483. The van der Waals surface area contributed by atoms with Crippen LogP contribution in [0.1, 0.15) is 95.1 Å². The second-order valence-corrected chi connectivity index (χ2v) is 8.71. The zero-order chi connectivity index (χ0) is 22.9. The Kier molecular flexibility index (Phi) is 13.0. The predicted octanol–water partition coefficient (Wildman–Crippen LogP) is 8.29. The van der Waals surface area contributed by atoms with E-state index in [-0.39, 0.29) is 11.7 Å². The molecule has 0 atom stereocenters. The minimum absolute atomic E-state index is 0.139. The largest absolute Gasteiger partial charge is 0.508 e. The number of phenolic OH excluding ortho intramolecular Hbond substituents is 1. The van der Waals surface area contributed by atoms with Crippen molar-refractivity contribution in [2.45, 2.75) is 90.4 Å². The maximum Gasteiger partial charge on any atom is 0.248 e. The minimum atomic E-state index is -0.139. The molecule has 0 bridgehead atoms. The molecule has 2 N–H and O–H groups in total. The molecule has 0 saturated heterocycles. The molecular weight excluding hydrogens is 394 g/mol. The molecule has 0 aliphatic heterocycles. The summed E-state index contributed by atoms with van der Waals surface area (Å²) in [6.07, 6.45) is 20.5. The number of para-hydroxylation sites is 1. The maximum absolute atomic E-state index is 12.3. The lowest BCUT2D eigenvalue weighted by Gasteiger charge is -2.10. The highest BCUT2D eigenvalue weighted by atomic mass is 16.3. The van der Waals surface area contributed by atoms with Crippen molar-refractivity contribution < 1.29 is 9.90 Å². The lowest BCUT2D eigenvalue weighted by atomic mass is 10.0. The first-order valence-electron chi connectivity index (χ1n) is 12.5. The van der Waals surface area contributed by atoms with E-state index >= 15 is 0 Å². The molecule has 32 heavy (non-hydrogen) atoms. The predicted molar refractivity (Wildman–Crippen MR) is 137 cm³/mol. The van der Waals surface area contributed by atoms with Crippen LogP contribution in [0, 0.1) is 0 Å². The van der Waals surface area contributed by atoms with Crippen LogP contribution < -0.4 is 5.32 Å². The molecule has 0 radical (unpaired) electrons. The molecule has 0 fully saturated rings. The quantitative estimate of drug-likeness (QED) is 0.206. The molecule has 0 saturated carbocycles. The van der Waals surface area contributed by atoms with Crippen LogP contribution in [0.25, 0.3) is 6.08 Å². The Bertz CT molecular complexity index is 795. The van der Waals surface area contributed by atoms with Gasteiger partial charge in [0.25, 0.3) is 0 Å². The minimum Gasteiger partial charge on any atom is -0.508 e. The van der Waals surface area contributed by atoms with Crippen molar-refractivity contribution in [3.05, 3.63) is 65.7 Å². The van der Waals surface area contributed by atoms with E-state index in [9.17, 15) is 9.90 Å². The summed E-state index contributed by atoms with van der Waals surface area (Å²) in [4.78, 5) is 12.3. The first kappa shape index (κ1) is 25.7. The van der Waals surface area contributed by atoms with Crippen LogP contribution in [0.2, 0.25) is 0 Å². The number of hydrogen-bond acceptors (Lipinski definition) is 2. The van der Waals surface area contributed by atoms with Crippen LogP contribution in [0.15, 0.2) is 54.6 Å². The first-order valence-corrected chi connectivity index (χ1v) is 12.5. The number of rotatable bonds is 16. The van der Waals surface area contributed by atoms with Gasteiger partial charge in [0.05, 0.1) is 0 Å². The molecule has 3 nitrogen and oxygen atoms in total. The molecule has 2 aromatic rings. The maximum atomic E-state index is 12.3. The monoisotopic (exact) mass is 435 g/mol. The molecule has 0 aliphatic carbocycles. The van der Waals surface area contributed by atoms with Crippen molar-refractivity contribution >= 4 is 17.7 Å². The zero-order valence-corrected chi connectivity index (χ0v) is 19.8. The summed E-state index contributed by atoms with van der Waals surface area (Å²) in [6, 6.07) is 14.9. The van der Waals surface area contributed by atoms with E-state index in [1.807, 2.05) is 18.2 Å². The third-order valence-corrected chi connectivity index (χ3v) is 5.90. The average Bonchev–Trinajstić information content (AvgIpc) is 2.80. The van der Waals surface area contributed by atoms with Crippen molar-refractivity contribution in [3.8, 4) is 5.75 Å². The van der Waals surface area contributed by atoms with Gasteiger partial charge in [0.2, 0.25) is 5.91 Å². The summed E-state index contributed by atoms with van der Waals surface area (Å²) in [5.41, 5.74) is 2.98. The summed E-state index contributed by atoms with van der Waals surface area (Å²) in [7, 11) is 0. The van der Waals surface area contributed by atoms with Gasteiger partial charge in [0, 0.05) is 11.8 Å². The molecule has 0 aromatic heterocycles. The Morgan fingerprint density at radius 1 is 0.781 bits per heavy atom. The van der Waals surface area contributed by atoms with Gasteiger partial charge < -0.3 is 10.4 Å². The van der Waals surface area contributed by atoms with Crippen LogP contribution in [0.5, 0.6) is 5.75 Å². The third-order valence-electron chi connectivity index (χ3n) is 5.90. The number of benzene rings is 2. The number of carbonyl (C=O) groups excluding carboxylic acids is 1. The van der Waals surface area contributed by atoms with Crippen molar-refractivity contribution in [3.63, 3.8) is 0 Å². The molecular formula is C29H41NO2. The Hall–Kier alpha value is -2.55. The van der Waals surface area contributed by atoms with E-state index < -0.39 is 0 Å². The van der Waals surface area contributed by atoms with Gasteiger partial charge in [-0.2, -0.15) is 0 Å². The molecule has 2 aromatic carbocycles. The Morgan fingerprint density at radius 3 is 1.97 bits per heavy atom. The van der Waals surface area contributed by atoms with E-state index in [1.165, 1.54) is 82.3 Å². The summed E-state index contributed by atoms with van der Waals surface area (Å²) in [6.45, 7) is 2.27. The summed E-state index contributed by atoms with van der Waals surface area (Å²) >= 11 is 0. The molecule has 174 valence electrons. The molecule has 0 aliphatic rings. The molecule has 3 heteroatoms. The van der Waals surface area contributed by atoms with Gasteiger partial charge in [-0.25, -0.2) is 0 Å². The number of unbranched alkanes of at least 4 members (excludes halogenated alkanes) is 11. The summed E-state index contributed by atoms with van der Waals surface area (Å²) in [5.74, 6) is 0.0820. The number of nitrogens with one attached hydrogen (secondary N) is 1. The van der Waals surface area contributed by atoms with Crippen LogP contribution in [-0.4, -0.2) is 11.0 Å². The molecule has 0 spiro atoms. The number of aromatic hydroxyl groups is 1. The van der Waals surface area contributed by atoms with E-state index in [1.54, 1.807) is 30.3 Å². The second kappa shape index (κ2) is 16.1. The van der Waals surface area contributed by atoms with Gasteiger partial charge in [-0.1, -0.05) is 108 Å². The Labute approximate surface area is 195 Å². The number of anilines is 1. The van der Waals surface area contributed by atoms with Crippen molar-refractivity contribution in [1.29, 1.82) is 0 Å². The van der Waals surface area contributed by atoms with Crippen LogP contribution in [0.4, 0.5) is 5.69 Å². The number of amides is 1. The van der Waals surface area contributed by atoms with Crippen LogP contribution >= 0.6 is 0 Å². The zero-order valence-electron chi connectivity index (χ0n) is 19.8. The van der Waals surface area contributed by atoms with E-state index in [0.29, 0.717) is 0 Å². The first-order chi connectivity index (χ1) is 15.7. The lowest BCUT2D eigenvalue weighted by Crippen LogP contribution is -2.09. The number of hydrogen-bond donors (Lipinski definition) is 2. The van der Waals surface area contributed by atoms with Gasteiger partial charge in [-0.3, -0.25) is 4.79 Å². The molecule has 0 unspecified atom stereocenters. The third kappa shape index (κ3) is 11.2. The van der Waals surface area contributed by atoms with Gasteiger partial charge in [0.1, 0.15) is 5.75 Å². The normalized spacial score (nSPS) is 11.2. The topological polar surface area (TPSA) is 49.3 Å². The Balaban J connectivity index is 1.62. The summed E-state index contributed by atoms with van der Waals surface area (Å²) in [5, 5.41) is 12.4. The molecule has 2 rings (SSSR count). The highest BCUT2D eigenvalue weighted by Gasteiger charge is 2.04. The van der Waals surface area contributed by atoms with Gasteiger partial charge >= 0.3 is 0 Å². The van der Waals surface area contributed by atoms with E-state index in [0.717, 1.165) is 24.1 Å². The van der Waals surface area contributed by atoms with Gasteiger partial charge in [-0.05, 0) is 48.2 Å². The standard InChI is InChI=1S/C29H41NO2/c1-2-3-4-5-6-7-8-9-10-11-12-13-16-26-17-14-15-18-28(26)30-29(32)24-21-25-19-22-27(31)23-20-25/h14-15,17-24,31H,2-13,16H2,1H3,(H,30,32). The van der Waals surface area contributed by atoms with Crippen molar-refractivity contribution in [1.82, 2.24) is 0 Å². The van der Waals surface area contributed by atoms with Gasteiger partial charge in [0.15, 0.2) is 0 Å². The molecule has 1 amide bonds. The van der Waals surface area contributed by atoms with Crippen molar-refractivity contribution in [2.75, 3.05) is 5.32 Å². The van der Waals surface area contributed by atoms with Crippen molar-refractivity contribution in [2.24, 2.45) is 0 Å². The summed E-state index contributed by atoms with van der Waals surface area (Å²) < 4.78 is 0. The SMILES string of the molecule is CCCCCCCCCCCCCCc1ccccc1NC(=O)C=Cc1ccc(O)cc1. The lowest BCUT2D eigenvalue weighted by molar-refractivity contribution is -0.111. The second-order valence-electron chi connectivity index (χ2n) is 8.71. The highest BCUT2D eigenvalue weighted by Crippen LogP contribution is 2.19. The number of aryl methyl sites for hydroxylation is 1. The van der Waals surface area contributed by atoms with E-state index in [2.05, 4.69) is 18.3 Å². The Morgan fingerprint density at radius 2 is 1.34 bits per heavy atom. The van der Waals surface area contributed by atoms with Crippen LogP contribution in [0.3, 0.4) is 0 Å². The fourth-order valence-electron chi connectivity index (χ4n) is 3.95. The number of phenols is 1. The average molecular weight is 436 g/mol. The van der Waals surface area contributed by atoms with Gasteiger partial charge in [-0.15, -0.1) is 0 Å². The number of carbonyl (C=O) groups is 1. The highest BCUT2D eigenvalue weighted by molar-refractivity contribution is 6.02. The fourth-order valence-corrected chi connectivity index (χ4v) is 3.95. The van der Waals surface area contributed by atoms with E-state index in [4.69, 9.17) is 0 Å². The molecule has 0 heterocycles. The van der Waals surface area contributed by atoms with Crippen LogP contribution in [-0.2, 0) is 11.2 Å².